The van der Waals surface area contributed by atoms with Crippen LogP contribution < -0.4 is 0 Å². The van der Waals surface area contributed by atoms with E-state index in [0.717, 1.165) is 28.6 Å². The Morgan fingerprint density at radius 3 is 2.79 bits per heavy atom. The lowest BCUT2D eigenvalue weighted by Crippen LogP contribution is -2.03. The van der Waals surface area contributed by atoms with Gasteiger partial charge in [0.15, 0.2) is 0 Å². The van der Waals surface area contributed by atoms with Crippen LogP contribution in [0.3, 0.4) is 0 Å². The lowest BCUT2D eigenvalue weighted by Gasteiger charge is -2.05. The summed E-state index contributed by atoms with van der Waals surface area (Å²) in [5.74, 6) is 0.424. The monoisotopic (exact) mass is 335 g/mol. The van der Waals surface area contributed by atoms with Gasteiger partial charge < -0.3 is 0 Å². The van der Waals surface area contributed by atoms with Gasteiger partial charge in [0.05, 0.1) is 12.2 Å². The van der Waals surface area contributed by atoms with E-state index in [1.54, 1.807) is 4.68 Å². The average molecular weight is 337 g/mol. The quantitative estimate of drug-likeness (QED) is 0.847. The van der Waals surface area contributed by atoms with Crippen LogP contribution in [-0.2, 0) is 6.54 Å². The molecule has 1 aliphatic rings. The maximum atomic E-state index is 9.21. The molecule has 2 aromatic rings. The Balaban J connectivity index is 1.98. The summed E-state index contributed by atoms with van der Waals surface area (Å²) in [6.45, 7) is 0.571. The number of nitrogens with zero attached hydrogens (tertiary/aromatic N) is 3. The summed E-state index contributed by atoms with van der Waals surface area (Å²) in [4.78, 5) is 0. The smallest absolute Gasteiger partial charge is 0.145 e. The van der Waals surface area contributed by atoms with Crippen LogP contribution in [0.1, 0.15) is 35.6 Å². The molecule has 1 fully saturated rings. The molecule has 1 saturated carbocycles. The van der Waals surface area contributed by atoms with Crippen molar-refractivity contribution in [2.45, 2.75) is 25.3 Å². The zero-order valence-corrected chi connectivity index (χ0v) is 12.4. The van der Waals surface area contributed by atoms with Gasteiger partial charge in [-0.05, 0) is 24.5 Å². The predicted molar refractivity (Wildman–Crippen MR) is 77.2 cm³/mol. The molecule has 0 saturated heterocycles. The van der Waals surface area contributed by atoms with Crippen LogP contribution in [-0.4, -0.2) is 9.78 Å². The lowest BCUT2D eigenvalue weighted by atomic mass is 10.2. The summed E-state index contributed by atoms with van der Waals surface area (Å²) in [5, 5.41) is 14.2. The number of benzene rings is 1. The van der Waals surface area contributed by atoms with Crippen LogP contribution in [0.15, 0.2) is 28.7 Å². The first-order valence-corrected chi connectivity index (χ1v) is 7.27. The highest BCUT2D eigenvalue weighted by molar-refractivity contribution is 9.10. The lowest BCUT2D eigenvalue weighted by molar-refractivity contribution is 0.671. The topological polar surface area (TPSA) is 41.6 Å². The van der Waals surface area contributed by atoms with E-state index in [-0.39, 0.29) is 0 Å². The third-order valence-electron chi connectivity index (χ3n) is 3.27. The third-order valence-corrected chi connectivity index (χ3v) is 4.43. The van der Waals surface area contributed by atoms with Crippen molar-refractivity contribution < 1.29 is 0 Å². The first-order valence-electron chi connectivity index (χ1n) is 6.10. The van der Waals surface area contributed by atoms with E-state index >= 15 is 0 Å². The highest BCUT2D eigenvalue weighted by Crippen LogP contribution is 2.42. The van der Waals surface area contributed by atoms with Crippen molar-refractivity contribution in [2.24, 2.45) is 0 Å². The van der Waals surface area contributed by atoms with Crippen molar-refractivity contribution in [2.75, 3.05) is 0 Å². The van der Waals surface area contributed by atoms with Crippen molar-refractivity contribution in [3.8, 4) is 6.07 Å². The van der Waals surface area contributed by atoms with Gasteiger partial charge in [0.1, 0.15) is 16.8 Å². The molecular weight excluding hydrogens is 326 g/mol. The second kappa shape index (κ2) is 4.99. The van der Waals surface area contributed by atoms with Gasteiger partial charge in [-0.1, -0.05) is 45.7 Å². The zero-order valence-electron chi connectivity index (χ0n) is 10.1. The van der Waals surface area contributed by atoms with E-state index in [1.165, 1.54) is 0 Å². The number of nitriles is 1. The van der Waals surface area contributed by atoms with Crippen molar-refractivity contribution >= 4 is 27.5 Å². The molecule has 1 heterocycles. The van der Waals surface area contributed by atoms with E-state index in [4.69, 9.17) is 11.6 Å². The van der Waals surface area contributed by atoms with Gasteiger partial charge in [-0.3, -0.25) is 0 Å². The minimum atomic E-state index is 0.424. The summed E-state index contributed by atoms with van der Waals surface area (Å²) in [7, 11) is 0. The van der Waals surface area contributed by atoms with E-state index < -0.39 is 0 Å². The Morgan fingerprint density at radius 2 is 2.16 bits per heavy atom. The van der Waals surface area contributed by atoms with E-state index in [1.807, 2.05) is 24.3 Å². The van der Waals surface area contributed by atoms with Gasteiger partial charge in [-0.25, -0.2) is 4.68 Å². The van der Waals surface area contributed by atoms with Gasteiger partial charge >= 0.3 is 0 Å². The Bertz CT molecular complexity index is 668. The summed E-state index contributed by atoms with van der Waals surface area (Å²) in [6, 6.07) is 10.1. The SMILES string of the molecule is N#Cc1c(C2CC2)nn(Cc2ccccc2Br)c1Cl. The largest absolute Gasteiger partial charge is 0.248 e. The molecule has 0 aliphatic heterocycles. The molecule has 0 unspecified atom stereocenters. The molecule has 0 spiro atoms. The fraction of sp³-hybridized carbons (Fsp3) is 0.286. The molecule has 0 atom stereocenters. The third kappa shape index (κ3) is 2.41. The summed E-state index contributed by atoms with van der Waals surface area (Å²) >= 11 is 9.78. The zero-order chi connectivity index (χ0) is 13.4. The van der Waals surface area contributed by atoms with Crippen LogP contribution in [0.2, 0.25) is 5.15 Å². The van der Waals surface area contributed by atoms with Crippen LogP contribution in [0.25, 0.3) is 0 Å². The Hall–Kier alpha value is -1.31. The Kier molecular flexibility index (Phi) is 3.34. The highest BCUT2D eigenvalue weighted by atomic mass is 79.9. The summed E-state index contributed by atoms with van der Waals surface area (Å²) < 4.78 is 2.74. The van der Waals surface area contributed by atoms with Gasteiger partial charge in [-0.15, -0.1) is 0 Å². The normalized spacial score (nSPS) is 14.4. The van der Waals surface area contributed by atoms with Crippen molar-refractivity contribution in [3.05, 3.63) is 50.7 Å². The number of hydrogen-bond donors (Lipinski definition) is 0. The number of hydrogen-bond acceptors (Lipinski definition) is 2. The summed E-state index contributed by atoms with van der Waals surface area (Å²) in [6.07, 6.45) is 2.22. The predicted octanol–water partition coefficient (Wildman–Crippen LogP) is 4.10. The van der Waals surface area contributed by atoms with Crippen molar-refractivity contribution in [3.63, 3.8) is 0 Å². The van der Waals surface area contributed by atoms with Crippen LogP contribution >= 0.6 is 27.5 Å². The molecule has 0 radical (unpaired) electrons. The molecule has 1 aromatic carbocycles. The molecule has 0 N–H and O–H groups in total. The maximum Gasteiger partial charge on any atom is 0.145 e. The van der Waals surface area contributed by atoms with E-state index in [0.29, 0.717) is 23.2 Å². The molecular formula is C14H11BrClN3. The van der Waals surface area contributed by atoms with Crippen LogP contribution in [0, 0.1) is 11.3 Å². The molecule has 96 valence electrons. The van der Waals surface area contributed by atoms with Crippen LogP contribution in [0.4, 0.5) is 0 Å². The van der Waals surface area contributed by atoms with E-state index in [9.17, 15) is 5.26 Å². The number of rotatable bonds is 3. The maximum absolute atomic E-state index is 9.21. The molecule has 3 nitrogen and oxygen atoms in total. The van der Waals surface area contributed by atoms with Gasteiger partial charge in [0, 0.05) is 10.4 Å². The highest BCUT2D eigenvalue weighted by Gasteiger charge is 2.31. The molecule has 1 aliphatic carbocycles. The second-order valence-electron chi connectivity index (χ2n) is 4.69. The molecule has 0 bridgehead atoms. The molecule has 5 heteroatoms. The van der Waals surface area contributed by atoms with Crippen LogP contribution in [0.5, 0.6) is 0 Å². The number of aromatic nitrogens is 2. The minimum absolute atomic E-state index is 0.424. The molecule has 19 heavy (non-hydrogen) atoms. The first kappa shape index (κ1) is 12.7. The van der Waals surface area contributed by atoms with Crippen molar-refractivity contribution in [1.29, 1.82) is 5.26 Å². The summed E-state index contributed by atoms with van der Waals surface area (Å²) in [5.41, 5.74) is 2.49. The minimum Gasteiger partial charge on any atom is -0.248 e. The molecule has 0 amide bonds. The fourth-order valence-corrected chi connectivity index (χ4v) is 2.74. The number of halogens is 2. The van der Waals surface area contributed by atoms with Gasteiger partial charge in [0.25, 0.3) is 0 Å². The molecule has 1 aromatic heterocycles. The molecule has 3 rings (SSSR count). The standard InChI is InChI=1S/C14H11BrClN3/c15-12-4-2-1-3-10(12)8-19-14(16)11(7-17)13(18-19)9-5-6-9/h1-4,9H,5-6,8H2. The Labute approximate surface area is 124 Å². The average Bonchev–Trinajstić information content (AvgIpc) is 3.19. The van der Waals surface area contributed by atoms with Crippen molar-refractivity contribution in [1.82, 2.24) is 9.78 Å². The fourth-order valence-electron chi connectivity index (χ4n) is 2.10. The second-order valence-corrected chi connectivity index (χ2v) is 5.90. The van der Waals surface area contributed by atoms with Gasteiger partial charge in [0.2, 0.25) is 0 Å². The first-order chi connectivity index (χ1) is 9.20. The van der Waals surface area contributed by atoms with E-state index in [2.05, 4.69) is 27.1 Å². The van der Waals surface area contributed by atoms with Gasteiger partial charge in [-0.2, -0.15) is 10.4 Å². The Morgan fingerprint density at radius 1 is 1.42 bits per heavy atom.